The number of ether oxygens (including phenoxy) is 2. The molecule has 1 amide bonds. The zero-order valence-corrected chi connectivity index (χ0v) is 25.2. The minimum atomic E-state index is -1.96. The van der Waals surface area contributed by atoms with Crippen LogP contribution in [0.5, 0.6) is 0 Å². The van der Waals surface area contributed by atoms with Crippen LogP contribution in [-0.2, 0) is 30.5 Å². The smallest absolute Gasteiger partial charge is 0.407 e. The zero-order valence-electron chi connectivity index (χ0n) is 25.2. The highest BCUT2D eigenvalue weighted by Gasteiger charge is 2.70. The third kappa shape index (κ3) is 6.07. The van der Waals surface area contributed by atoms with E-state index in [1.54, 1.807) is 25.1 Å². The minimum Gasteiger partial charge on any atom is -0.460 e. The Morgan fingerprint density at radius 1 is 1.07 bits per heavy atom. The van der Waals surface area contributed by atoms with Gasteiger partial charge in [-0.3, -0.25) is 20.0 Å². The number of amides is 1. The lowest BCUT2D eigenvalue weighted by Crippen LogP contribution is -2.66. The lowest BCUT2D eigenvalue weighted by molar-refractivity contribution is -0.497. The topological polar surface area (TPSA) is 172 Å². The number of halogens is 1. The van der Waals surface area contributed by atoms with Gasteiger partial charge in [0.25, 0.3) is 0 Å². The fraction of sp³-hybridized carbons (Fsp3) is 0.562. The number of alkyl halides is 1. The number of rotatable bonds is 10. The van der Waals surface area contributed by atoms with E-state index in [2.05, 4.69) is 10.2 Å². The fourth-order valence-electron chi connectivity index (χ4n) is 8.27. The van der Waals surface area contributed by atoms with E-state index in [9.17, 15) is 24.3 Å². The monoisotopic (exact) mass is 630 g/mol. The molecule has 1 aromatic rings. The van der Waals surface area contributed by atoms with Crippen molar-refractivity contribution in [2.24, 2.45) is 28.6 Å². The second-order valence-corrected chi connectivity index (χ2v) is 12.8. The summed E-state index contributed by atoms with van der Waals surface area (Å²) >= 11 is 0. The molecule has 45 heavy (non-hydrogen) atoms. The summed E-state index contributed by atoms with van der Waals surface area (Å²) in [7, 11) is 0. The number of nitrogens with one attached hydrogen (secondary N) is 1. The van der Waals surface area contributed by atoms with Crippen molar-refractivity contribution in [3.63, 3.8) is 0 Å². The van der Waals surface area contributed by atoms with Crippen LogP contribution < -0.4 is 5.32 Å². The number of alkyl carbamates (subject to hydrolysis) is 1. The quantitative estimate of drug-likeness (QED) is 0.169. The molecule has 4 aliphatic rings. The number of ketones is 2. The molecule has 0 heterocycles. The Hall–Kier alpha value is -3.49. The first-order valence-electron chi connectivity index (χ1n) is 15.1. The lowest BCUT2D eigenvalue weighted by atomic mass is 9.45. The summed E-state index contributed by atoms with van der Waals surface area (Å²) < 4.78 is 27.4. The first-order valence-corrected chi connectivity index (χ1v) is 15.1. The highest BCUT2D eigenvalue weighted by atomic mass is 19.1. The number of aliphatic hydroxyl groups is 1. The molecular formula is C32H39FN2O10. The molecule has 0 aliphatic heterocycles. The van der Waals surface area contributed by atoms with Gasteiger partial charge in [-0.1, -0.05) is 30.7 Å². The van der Waals surface area contributed by atoms with Crippen LogP contribution in [0.2, 0.25) is 0 Å². The third-order valence-electron chi connectivity index (χ3n) is 10.5. The molecule has 3 unspecified atom stereocenters. The van der Waals surface area contributed by atoms with Crippen LogP contribution in [0.1, 0.15) is 61.9 Å². The highest BCUT2D eigenvalue weighted by molar-refractivity contribution is 6.01. The van der Waals surface area contributed by atoms with Gasteiger partial charge in [-0.05, 0) is 80.2 Å². The molecule has 4 aliphatic carbocycles. The van der Waals surface area contributed by atoms with E-state index >= 15 is 4.39 Å². The number of nitrogens with zero attached hydrogens (tertiary/aromatic N) is 1. The Morgan fingerprint density at radius 3 is 2.51 bits per heavy atom. The summed E-state index contributed by atoms with van der Waals surface area (Å²) in [6, 6.07) is 6.03. The van der Waals surface area contributed by atoms with Gasteiger partial charge in [-0.15, -0.1) is 0 Å². The first kappa shape index (κ1) is 32.9. The number of hydrogen-bond donors (Lipinski definition) is 4. The first-order chi connectivity index (χ1) is 21.3. The van der Waals surface area contributed by atoms with E-state index in [-0.39, 0.29) is 49.2 Å². The van der Waals surface area contributed by atoms with Crippen LogP contribution in [0, 0.1) is 28.6 Å². The number of hydrogen-bond acceptors (Lipinski definition) is 11. The van der Waals surface area contributed by atoms with Gasteiger partial charge in [0.15, 0.2) is 23.8 Å². The van der Waals surface area contributed by atoms with Gasteiger partial charge in [0.05, 0.1) is 30.2 Å². The molecule has 0 spiro atoms. The molecule has 5 rings (SSSR count). The maximum Gasteiger partial charge on any atom is 0.407 e. The average Bonchev–Trinajstić information content (AvgIpc) is 3.34. The zero-order chi connectivity index (χ0) is 32.6. The minimum absolute atomic E-state index is 0.0571. The molecule has 244 valence electrons. The van der Waals surface area contributed by atoms with E-state index < -0.39 is 58.5 Å². The van der Waals surface area contributed by atoms with Crippen molar-refractivity contribution >= 4 is 23.6 Å². The average molecular weight is 631 g/mol. The third-order valence-corrected chi connectivity index (χ3v) is 10.5. The predicted molar refractivity (Wildman–Crippen MR) is 153 cm³/mol. The molecule has 0 bridgehead atoms. The molecule has 0 radical (unpaired) electrons. The van der Waals surface area contributed by atoms with Crippen molar-refractivity contribution in [3.05, 3.63) is 59.2 Å². The summed E-state index contributed by atoms with van der Waals surface area (Å²) in [4.78, 5) is 54.3. The largest absolute Gasteiger partial charge is 0.460 e. The van der Waals surface area contributed by atoms with Crippen molar-refractivity contribution in [1.29, 1.82) is 0 Å². The Morgan fingerprint density at radius 2 is 1.80 bits per heavy atom. The summed E-state index contributed by atoms with van der Waals surface area (Å²) in [6.07, 6.45) is 4.54. The molecule has 13 heteroatoms. The molecule has 4 N–H and O–H groups in total. The number of allylic oxidation sites excluding steroid dienone is 4. The van der Waals surface area contributed by atoms with Crippen molar-refractivity contribution in [2.75, 3.05) is 19.8 Å². The molecule has 3 fully saturated rings. The number of fused-ring (bicyclic) bond motifs is 5. The summed E-state index contributed by atoms with van der Waals surface area (Å²) in [5.41, 5.74) is -2.20. The second-order valence-electron chi connectivity index (χ2n) is 12.8. The SMILES string of the molecule is C[C@]12C[C@H](O)C3(F)[C@@H](CCC4=CC(=O)C=C[C@@]43C)C1CCC2C(=O)COC(=O)NCCOC(=O)c1ccc(CON(O)O)cc1. The highest BCUT2D eigenvalue weighted by Crippen LogP contribution is 2.68. The summed E-state index contributed by atoms with van der Waals surface area (Å²) in [5, 5.41) is 30.5. The van der Waals surface area contributed by atoms with Crippen molar-refractivity contribution in [2.45, 2.75) is 64.3 Å². The standard InChI is InChI=1S/C32H39FN2O10/c1-30-16-27(38)32(33)24(8-7-21-15-22(36)11-12-31(21,32)2)23(30)9-10-25(30)26(37)18-44-29(40)34-13-14-43-28(39)20-5-3-19(4-6-20)17-45-35(41)42/h3-6,11-12,15,23-25,27,38,41-42H,7-10,13-14,16-18H2,1-2H3,(H,34,40)/t23?,24-,25?,27-,30-,31-,32?/m0/s1. The van der Waals surface area contributed by atoms with E-state index in [0.29, 0.717) is 36.8 Å². The van der Waals surface area contributed by atoms with Crippen LogP contribution >= 0.6 is 0 Å². The van der Waals surface area contributed by atoms with Gasteiger partial charge >= 0.3 is 12.1 Å². The normalized spacial score (nSPS) is 33.5. The van der Waals surface area contributed by atoms with Gasteiger partial charge in [0, 0.05) is 17.3 Å². The van der Waals surface area contributed by atoms with E-state index in [1.165, 1.54) is 24.3 Å². The van der Waals surface area contributed by atoms with Gasteiger partial charge in [0.1, 0.15) is 6.61 Å². The molecule has 0 saturated heterocycles. The van der Waals surface area contributed by atoms with E-state index in [0.717, 1.165) is 0 Å². The molecular weight excluding hydrogens is 591 g/mol. The second kappa shape index (κ2) is 12.7. The number of Topliss-reactive ketones (excluding diaryl/α,β-unsaturated/α-hetero) is 1. The molecule has 3 saturated carbocycles. The molecule has 12 nitrogen and oxygen atoms in total. The number of esters is 1. The fourth-order valence-corrected chi connectivity index (χ4v) is 8.27. The van der Waals surface area contributed by atoms with Crippen LogP contribution in [0.3, 0.4) is 0 Å². The van der Waals surface area contributed by atoms with Crippen LogP contribution in [0.15, 0.2) is 48.1 Å². The van der Waals surface area contributed by atoms with Crippen molar-refractivity contribution in [3.8, 4) is 0 Å². The van der Waals surface area contributed by atoms with Gasteiger partial charge < -0.3 is 19.9 Å². The van der Waals surface area contributed by atoms with Crippen LogP contribution in [0.25, 0.3) is 0 Å². The maximum absolute atomic E-state index is 17.1. The number of benzene rings is 1. The Balaban J connectivity index is 1.09. The Labute approximate surface area is 259 Å². The number of aliphatic hydroxyl groups excluding tert-OH is 1. The number of carbonyl (C=O) groups is 4. The maximum atomic E-state index is 17.1. The molecule has 1 aromatic carbocycles. The number of carbonyl (C=O) groups excluding carboxylic acids is 4. The molecule has 0 aromatic heterocycles. The lowest BCUT2D eigenvalue weighted by Gasteiger charge is -2.62. The van der Waals surface area contributed by atoms with Crippen molar-refractivity contribution < 1.29 is 53.4 Å². The van der Waals surface area contributed by atoms with Crippen LogP contribution in [-0.4, -0.2) is 76.1 Å². The predicted octanol–water partition coefficient (Wildman–Crippen LogP) is 3.64. The van der Waals surface area contributed by atoms with Crippen molar-refractivity contribution in [1.82, 2.24) is 10.7 Å². The van der Waals surface area contributed by atoms with Gasteiger partial charge in [0.2, 0.25) is 0 Å². The summed E-state index contributed by atoms with van der Waals surface area (Å²) in [6.45, 7) is 2.87. The van der Waals surface area contributed by atoms with E-state index in [4.69, 9.17) is 19.9 Å². The van der Waals surface area contributed by atoms with Gasteiger partial charge in [-0.25, -0.2) is 18.8 Å². The van der Waals surface area contributed by atoms with Gasteiger partial charge in [-0.2, -0.15) is 0 Å². The van der Waals surface area contributed by atoms with E-state index in [1.807, 2.05) is 6.92 Å². The molecule has 7 atom stereocenters. The summed E-state index contributed by atoms with van der Waals surface area (Å²) in [5.74, 6) is -2.24. The Bertz CT molecular complexity index is 1400. The Kier molecular flexibility index (Phi) is 9.30. The van der Waals surface area contributed by atoms with Crippen LogP contribution in [0.4, 0.5) is 9.18 Å².